The normalized spacial score (nSPS) is 27.1. The van der Waals surface area contributed by atoms with E-state index in [4.69, 9.17) is 4.98 Å². The van der Waals surface area contributed by atoms with Crippen LogP contribution in [0.25, 0.3) is 0 Å². The van der Waals surface area contributed by atoms with Crippen molar-refractivity contribution in [2.24, 2.45) is 5.92 Å². The van der Waals surface area contributed by atoms with Gasteiger partial charge in [-0.1, -0.05) is 19.3 Å². The Hall–Kier alpha value is -1.39. The molecule has 2 heterocycles. The van der Waals surface area contributed by atoms with E-state index in [1.165, 1.54) is 32.1 Å². The third-order valence-electron chi connectivity index (χ3n) is 5.54. The van der Waals surface area contributed by atoms with E-state index >= 15 is 0 Å². The molecule has 0 spiro atoms. The molecule has 3 aliphatic rings. The lowest BCUT2D eigenvalue weighted by molar-refractivity contribution is -0.137. The summed E-state index contributed by atoms with van der Waals surface area (Å²) in [6, 6.07) is 0. The number of hydrogen-bond acceptors (Lipinski definition) is 3. The Labute approximate surface area is 131 Å². The SMILES string of the molecule is O=C(C1CCCCC1)N1CCCC(c2n[nH]c(C3CC3)n2)C1. The molecule has 1 unspecified atom stereocenters. The van der Waals surface area contributed by atoms with Crippen molar-refractivity contribution in [3.05, 3.63) is 11.6 Å². The van der Waals surface area contributed by atoms with Gasteiger partial charge in [0.2, 0.25) is 5.91 Å². The Morgan fingerprint density at radius 3 is 2.59 bits per heavy atom. The lowest BCUT2D eigenvalue weighted by Gasteiger charge is -2.35. The molecule has 120 valence electrons. The first-order valence-electron chi connectivity index (χ1n) is 9.02. The van der Waals surface area contributed by atoms with Crippen LogP contribution in [0.15, 0.2) is 0 Å². The van der Waals surface area contributed by atoms with Crippen LogP contribution in [0, 0.1) is 5.92 Å². The fourth-order valence-corrected chi connectivity index (χ4v) is 4.01. The van der Waals surface area contributed by atoms with E-state index in [-0.39, 0.29) is 5.92 Å². The minimum Gasteiger partial charge on any atom is -0.342 e. The summed E-state index contributed by atoms with van der Waals surface area (Å²) in [5.74, 6) is 3.60. The van der Waals surface area contributed by atoms with Crippen molar-refractivity contribution in [1.29, 1.82) is 0 Å². The number of rotatable bonds is 3. The van der Waals surface area contributed by atoms with E-state index in [1.807, 2.05) is 0 Å². The number of aromatic amines is 1. The molecule has 5 heteroatoms. The fourth-order valence-electron chi connectivity index (χ4n) is 4.01. The van der Waals surface area contributed by atoms with Crippen LogP contribution in [0.3, 0.4) is 0 Å². The largest absolute Gasteiger partial charge is 0.342 e. The lowest BCUT2D eigenvalue weighted by atomic mass is 9.87. The molecule has 1 aromatic rings. The molecule has 5 nitrogen and oxygen atoms in total. The van der Waals surface area contributed by atoms with Gasteiger partial charge in [-0.15, -0.1) is 0 Å². The molecule has 4 rings (SSSR count). The minimum atomic E-state index is 0.279. The third kappa shape index (κ3) is 2.90. The highest BCUT2D eigenvalue weighted by Gasteiger charge is 2.33. The van der Waals surface area contributed by atoms with Gasteiger partial charge in [0.25, 0.3) is 0 Å². The van der Waals surface area contributed by atoms with Crippen molar-refractivity contribution in [2.75, 3.05) is 13.1 Å². The lowest BCUT2D eigenvalue weighted by Crippen LogP contribution is -2.43. The van der Waals surface area contributed by atoms with Gasteiger partial charge >= 0.3 is 0 Å². The number of carbonyl (C=O) groups excluding carboxylic acids is 1. The van der Waals surface area contributed by atoms with Crippen LogP contribution < -0.4 is 0 Å². The molecule has 1 aromatic heterocycles. The molecule has 3 fully saturated rings. The van der Waals surface area contributed by atoms with Crippen LogP contribution in [0.5, 0.6) is 0 Å². The van der Waals surface area contributed by atoms with Crippen LogP contribution >= 0.6 is 0 Å². The Balaban J connectivity index is 1.40. The van der Waals surface area contributed by atoms with Gasteiger partial charge in [-0.2, -0.15) is 5.10 Å². The number of amides is 1. The van der Waals surface area contributed by atoms with E-state index in [1.54, 1.807) is 0 Å². The second-order valence-corrected chi connectivity index (χ2v) is 7.31. The zero-order valence-corrected chi connectivity index (χ0v) is 13.3. The molecule has 1 N–H and O–H groups in total. The summed E-state index contributed by atoms with van der Waals surface area (Å²) in [6.45, 7) is 1.74. The van der Waals surface area contributed by atoms with Gasteiger partial charge in [0.15, 0.2) is 5.82 Å². The molecule has 22 heavy (non-hydrogen) atoms. The van der Waals surface area contributed by atoms with Crippen LogP contribution in [0.4, 0.5) is 0 Å². The van der Waals surface area contributed by atoms with Gasteiger partial charge in [-0.3, -0.25) is 9.89 Å². The molecule has 1 aliphatic heterocycles. The first-order chi connectivity index (χ1) is 10.8. The van der Waals surface area contributed by atoms with Gasteiger partial charge in [-0.25, -0.2) is 4.98 Å². The van der Waals surface area contributed by atoms with E-state index in [0.717, 1.165) is 50.4 Å². The minimum absolute atomic E-state index is 0.279. The van der Waals surface area contributed by atoms with Gasteiger partial charge in [0.1, 0.15) is 5.82 Å². The number of nitrogens with zero attached hydrogens (tertiary/aromatic N) is 3. The summed E-state index contributed by atoms with van der Waals surface area (Å²) in [6.07, 6.45) is 10.6. The van der Waals surface area contributed by atoms with E-state index in [2.05, 4.69) is 15.1 Å². The standard InChI is InChI=1S/C17H26N4O/c22-17(13-5-2-1-3-6-13)21-10-4-7-14(11-21)16-18-15(19-20-16)12-8-9-12/h12-14H,1-11H2,(H,18,19,20). The number of H-pyrrole nitrogens is 1. The molecule has 2 aliphatic carbocycles. The van der Waals surface area contributed by atoms with Crippen LogP contribution in [-0.2, 0) is 4.79 Å². The average Bonchev–Trinajstić information content (AvgIpc) is 3.32. The first kappa shape index (κ1) is 14.2. The predicted molar refractivity (Wildman–Crippen MR) is 83.5 cm³/mol. The molecule has 1 saturated heterocycles. The smallest absolute Gasteiger partial charge is 0.225 e. The molecule has 1 amide bonds. The van der Waals surface area contributed by atoms with Crippen molar-refractivity contribution in [1.82, 2.24) is 20.1 Å². The predicted octanol–water partition coefficient (Wildman–Crippen LogP) is 2.97. The Kier molecular flexibility index (Phi) is 3.89. The molecule has 2 saturated carbocycles. The van der Waals surface area contributed by atoms with Crippen LogP contribution in [0.1, 0.15) is 81.3 Å². The maximum absolute atomic E-state index is 12.7. The van der Waals surface area contributed by atoms with Crippen LogP contribution in [-0.4, -0.2) is 39.1 Å². The molecule has 1 atom stereocenters. The Morgan fingerprint density at radius 2 is 1.82 bits per heavy atom. The quantitative estimate of drug-likeness (QED) is 0.933. The summed E-state index contributed by atoms with van der Waals surface area (Å²) in [5, 5.41) is 7.54. The molecule has 0 bridgehead atoms. The zero-order chi connectivity index (χ0) is 14.9. The highest BCUT2D eigenvalue weighted by molar-refractivity contribution is 5.79. The number of nitrogens with one attached hydrogen (secondary N) is 1. The number of carbonyl (C=O) groups is 1. The van der Waals surface area contributed by atoms with Gasteiger partial charge in [-0.05, 0) is 38.5 Å². The van der Waals surface area contributed by atoms with Crippen LogP contribution in [0.2, 0.25) is 0 Å². The maximum Gasteiger partial charge on any atom is 0.225 e. The van der Waals surface area contributed by atoms with Crippen molar-refractivity contribution >= 4 is 5.91 Å². The highest BCUT2D eigenvalue weighted by Crippen LogP contribution is 2.38. The van der Waals surface area contributed by atoms with Gasteiger partial charge in [0.05, 0.1) is 0 Å². The zero-order valence-electron chi connectivity index (χ0n) is 13.3. The third-order valence-corrected chi connectivity index (χ3v) is 5.54. The second kappa shape index (κ2) is 6.01. The average molecular weight is 302 g/mol. The van der Waals surface area contributed by atoms with E-state index in [0.29, 0.717) is 17.7 Å². The highest BCUT2D eigenvalue weighted by atomic mass is 16.2. The Bertz CT molecular complexity index is 531. The second-order valence-electron chi connectivity index (χ2n) is 7.31. The monoisotopic (exact) mass is 302 g/mol. The number of likely N-dealkylation sites (tertiary alicyclic amines) is 1. The topological polar surface area (TPSA) is 61.9 Å². The number of hydrogen-bond donors (Lipinski definition) is 1. The van der Waals surface area contributed by atoms with Crippen molar-refractivity contribution in [2.45, 2.75) is 69.6 Å². The van der Waals surface area contributed by atoms with E-state index < -0.39 is 0 Å². The molecular formula is C17H26N4O. The number of aromatic nitrogens is 3. The summed E-state index contributed by atoms with van der Waals surface area (Å²) in [4.78, 5) is 19.5. The van der Waals surface area contributed by atoms with E-state index in [9.17, 15) is 4.79 Å². The summed E-state index contributed by atoms with van der Waals surface area (Å²) in [5.41, 5.74) is 0. The van der Waals surface area contributed by atoms with Gasteiger partial charge < -0.3 is 4.90 Å². The van der Waals surface area contributed by atoms with Crippen molar-refractivity contribution < 1.29 is 4.79 Å². The molecule has 0 radical (unpaired) electrons. The maximum atomic E-state index is 12.7. The summed E-state index contributed by atoms with van der Waals surface area (Å²) >= 11 is 0. The first-order valence-corrected chi connectivity index (χ1v) is 9.02. The Morgan fingerprint density at radius 1 is 1.00 bits per heavy atom. The fraction of sp³-hybridized carbons (Fsp3) is 0.824. The number of piperidine rings is 1. The van der Waals surface area contributed by atoms with Crippen molar-refractivity contribution in [3.8, 4) is 0 Å². The summed E-state index contributed by atoms with van der Waals surface area (Å²) in [7, 11) is 0. The summed E-state index contributed by atoms with van der Waals surface area (Å²) < 4.78 is 0. The molecular weight excluding hydrogens is 276 g/mol. The molecule has 0 aromatic carbocycles. The van der Waals surface area contributed by atoms with Gasteiger partial charge in [0, 0.05) is 30.8 Å². The van der Waals surface area contributed by atoms with Crippen molar-refractivity contribution in [3.63, 3.8) is 0 Å².